The molecule has 0 saturated heterocycles. The van der Waals surface area contributed by atoms with Crippen LogP contribution in [0, 0.1) is 0 Å². The van der Waals surface area contributed by atoms with Crippen LogP contribution in [0.15, 0.2) is 24.3 Å². The number of quaternary nitrogens is 1. The number of rotatable bonds is 37. The van der Waals surface area contributed by atoms with E-state index in [9.17, 15) is 14.4 Å². The van der Waals surface area contributed by atoms with Crippen molar-refractivity contribution in [2.45, 2.75) is 207 Å². The number of hydrogen-bond acceptors (Lipinski definition) is 5. The molecule has 0 aliphatic rings. The second-order valence-electron chi connectivity index (χ2n) is 14.3. The van der Waals surface area contributed by atoms with Gasteiger partial charge in [0, 0.05) is 12.8 Å². The number of amides is 1. The monoisotopic (exact) mass is 706 g/mol. The van der Waals surface area contributed by atoms with Crippen LogP contribution in [0.2, 0.25) is 0 Å². The molecule has 0 aliphatic carbocycles. The lowest BCUT2D eigenvalue weighted by atomic mass is 10.1. The summed E-state index contributed by atoms with van der Waals surface area (Å²) in [7, 11) is 0. The molecule has 0 aromatic rings. The van der Waals surface area contributed by atoms with Gasteiger partial charge in [-0.25, -0.2) is 0 Å². The third-order valence-corrected chi connectivity index (χ3v) is 9.27. The molecule has 1 unspecified atom stereocenters. The Hall–Kier alpha value is -2.15. The molecule has 7 nitrogen and oxygen atoms in total. The van der Waals surface area contributed by atoms with Crippen LogP contribution in [0.25, 0.3) is 0 Å². The van der Waals surface area contributed by atoms with Gasteiger partial charge in [0.25, 0.3) is 5.91 Å². The minimum Gasteiger partial charge on any atom is -0.464 e. The Morgan fingerprint density at radius 1 is 0.500 bits per heavy atom. The molecular formula is C43H81N2O5+. The number of nitrogens with zero attached hydrogens (tertiary/aromatic N) is 1. The Balaban J connectivity index is 3.85. The van der Waals surface area contributed by atoms with E-state index < -0.39 is 6.04 Å². The molecule has 0 aromatic carbocycles. The fourth-order valence-corrected chi connectivity index (χ4v) is 6.01. The van der Waals surface area contributed by atoms with Crippen LogP contribution in [-0.4, -0.2) is 55.1 Å². The van der Waals surface area contributed by atoms with Crippen LogP contribution in [0.4, 0.5) is 0 Å². The number of allylic oxidation sites excluding steroid dienone is 4. The SMILES string of the molecule is CCCCCCCC/C=C\CCCCCCCC(=O)OCCN(CCOC(=O)CCCCCCC/C=C\CCCCCCCC)C(=O)C(C)[NH3+]. The molecule has 0 saturated carbocycles. The molecule has 292 valence electrons. The highest BCUT2D eigenvalue weighted by molar-refractivity contribution is 5.80. The first-order chi connectivity index (χ1) is 24.4. The Bertz CT molecular complexity index is 783. The minimum atomic E-state index is -0.423. The third kappa shape index (κ3) is 34.3. The Morgan fingerprint density at radius 2 is 0.800 bits per heavy atom. The molecule has 50 heavy (non-hydrogen) atoms. The van der Waals surface area contributed by atoms with Gasteiger partial charge in [0.1, 0.15) is 13.2 Å². The highest BCUT2D eigenvalue weighted by Gasteiger charge is 2.20. The van der Waals surface area contributed by atoms with Crippen molar-refractivity contribution in [3.63, 3.8) is 0 Å². The van der Waals surface area contributed by atoms with E-state index in [1.807, 2.05) is 0 Å². The van der Waals surface area contributed by atoms with Crippen molar-refractivity contribution >= 4 is 17.8 Å². The lowest BCUT2D eigenvalue weighted by Crippen LogP contribution is -2.66. The van der Waals surface area contributed by atoms with Gasteiger partial charge in [-0.15, -0.1) is 0 Å². The zero-order chi connectivity index (χ0) is 36.8. The van der Waals surface area contributed by atoms with Gasteiger partial charge in [-0.1, -0.05) is 141 Å². The molecule has 0 radical (unpaired) electrons. The predicted molar refractivity (Wildman–Crippen MR) is 210 cm³/mol. The zero-order valence-corrected chi connectivity index (χ0v) is 33.2. The van der Waals surface area contributed by atoms with Crippen molar-refractivity contribution in [3.05, 3.63) is 24.3 Å². The molecule has 1 amide bonds. The first-order valence-electron chi connectivity index (χ1n) is 21.1. The van der Waals surface area contributed by atoms with Crippen molar-refractivity contribution < 1.29 is 29.6 Å². The molecule has 1 atom stereocenters. The highest BCUT2D eigenvalue weighted by Crippen LogP contribution is 2.12. The molecule has 0 bridgehead atoms. The summed E-state index contributed by atoms with van der Waals surface area (Å²) in [5.74, 6) is -0.570. The van der Waals surface area contributed by atoms with E-state index in [1.54, 1.807) is 11.8 Å². The van der Waals surface area contributed by atoms with E-state index in [0.717, 1.165) is 51.4 Å². The van der Waals surface area contributed by atoms with E-state index in [0.29, 0.717) is 12.8 Å². The van der Waals surface area contributed by atoms with Crippen LogP contribution in [0.3, 0.4) is 0 Å². The van der Waals surface area contributed by atoms with Gasteiger partial charge >= 0.3 is 11.9 Å². The lowest BCUT2D eigenvalue weighted by Gasteiger charge is -2.23. The van der Waals surface area contributed by atoms with Crippen LogP contribution < -0.4 is 5.73 Å². The van der Waals surface area contributed by atoms with E-state index in [1.165, 1.54) is 116 Å². The van der Waals surface area contributed by atoms with E-state index in [-0.39, 0.29) is 44.1 Å². The number of carbonyl (C=O) groups excluding carboxylic acids is 3. The van der Waals surface area contributed by atoms with Crippen LogP contribution in [0.1, 0.15) is 201 Å². The molecule has 0 aliphatic heterocycles. The van der Waals surface area contributed by atoms with Crippen LogP contribution in [0.5, 0.6) is 0 Å². The average Bonchev–Trinajstić information content (AvgIpc) is 3.10. The van der Waals surface area contributed by atoms with Crippen LogP contribution >= 0.6 is 0 Å². The van der Waals surface area contributed by atoms with Crippen molar-refractivity contribution in [1.82, 2.24) is 4.90 Å². The summed E-state index contributed by atoms with van der Waals surface area (Å²) in [5.41, 5.74) is 3.84. The summed E-state index contributed by atoms with van der Waals surface area (Å²) in [5, 5.41) is 0. The fraction of sp³-hybridized carbons (Fsp3) is 0.837. The van der Waals surface area contributed by atoms with Gasteiger partial charge in [-0.05, 0) is 71.1 Å². The lowest BCUT2D eigenvalue weighted by molar-refractivity contribution is -0.400. The van der Waals surface area contributed by atoms with Gasteiger partial charge in [0.2, 0.25) is 0 Å². The predicted octanol–water partition coefficient (Wildman–Crippen LogP) is 10.6. The summed E-state index contributed by atoms with van der Waals surface area (Å²) in [6, 6.07) is -0.423. The Morgan fingerprint density at radius 3 is 1.12 bits per heavy atom. The summed E-state index contributed by atoms with van der Waals surface area (Å²) in [4.78, 5) is 38.7. The molecule has 0 fully saturated rings. The number of hydrogen-bond donors (Lipinski definition) is 1. The zero-order valence-electron chi connectivity index (χ0n) is 33.2. The van der Waals surface area contributed by atoms with Crippen molar-refractivity contribution in [1.29, 1.82) is 0 Å². The molecular weight excluding hydrogens is 624 g/mol. The number of unbranched alkanes of at least 4 members (excludes halogenated alkanes) is 22. The smallest absolute Gasteiger partial charge is 0.305 e. The molecule has 3 N–H and O–H groups in total. The van der Waals surface area contributed by atoms with E-state index >= 15 is 0 Å². The Labute approximate surface area is 308 Å². The quantitative estimate of drug-likeness (QED) is 0.0394. The van der Waals surface area contributed by atoms with Crippen molar-refractivity contribution in [2.24, 2.45) is 0 Å². The summed E-state index contributed by atoms with van der Waals surface area (Å²) >= 11 is 0. The topological polar surface area (TPSA) is 101 Å². The van der Waals surface area contributed by atoms with Gasteiger partial charge in [-0.2, -0.15) is 0 Å². The van der Waals surface area contributed by atoms with Crippen molar-refractivity contribution in [3.8, 4) is 0 Å². The van der Waals surface area contributed by atoms with Gasteiger partial charge in [0.05, 0.1) is 13.1 Å². The number of esters is 2. The maximum absolute atomic E-state index is 12.6. The molecule has 0 spiro atoms. The van der Waals surface area contributed by atoms with Gasteiger partial charge in [0.15, 0.2) is 6.04 Å². The molecule has 0 aromatic heterocycles. The average molecular weight is 706 g/mol. The summed E-state index contributed by atoms with van der Waals surface area (Å²) < 4.78 is 10.8. The number of carbonyl (C=O) groups is 3. The van der Waals surface area contributed by atoms with Crippen LogP contribution in [-0.2, 0) is 23.9 Å². The maximum Gasteiger partial charge on any atom is 0.305 e. The maximum atomic E-state index is 12.6. The van der Waals surface area contributed by atoms with Crippen molar-refractivity contribution in [2.75, 3.05) is 26.3 Å². The van der Waals surface area contributed by atoms with Gasteiger partial charge in [-0.3, -0.25) is 14.4 Å². The van der Waals surface area contributed by atoms with E-state index in [4.69, 9.17) is 9.47 Å². The normalized spacial score (nSPS) is 12.2. The standard InChI is InChI=1S/C43H80N2O5/c1-4-6-8-10-12-14-16-18-20-22-24-26-28-30-32-34-41(46)49-38-36-45(43(48)40(3)44)37-39-50-42(47)35-33-31-29-27-25-23-21-19-17-15-13-11-9-7-5-2/h18-21,40H,4-17,22-39,44H2,1-3H3/p+1/b20-18-,21-19-. The minimum absolute atomic E-state index is 0.133. The first kappa shape index (κ1) is 47.8. The largest absolute Gasteiger partial charge is 0.464 e. The highest BCUT2D eigenvalue weighted by atomic mass is 16.5. The third-order valence-electron chi connectivity index (χ3n) is 9.27. The van der Waals surface area contributed by atoms with Gasteiger partial charge < -0.3 is 20.1 Å². The second kappa shape index (κ2) is 38.1. The molecule has 0 heterocycles. The number of ether oxygens (including phenoxy) is 2. The summed E-state index contributed by atoms with van der Waals surface area (Å²) in [6.45, 7) is 7.11. The molecule has 0 rings (SSSR count). The first-order valence-corrected chi connectivity index (χ1v) is 21.1. The summed E-state index contributed by atoms with van der Waals surface area (Å²) in [6.07, 6.45) is 41.9. The molecule has 7 heteroatoms. The second-order valence-corrected chi connectivity index (χ2v) is 14.3. The Kier molecular flexibility index (Phi) is 36.5. The fourth-order valence-electron chi connectivity index (χ4n) is 6.01. The van der Waals surface area contributed by atoms with E-state index in [2.05, 4.69) is 43.9 Å².